The van der Waals surface area contributed by atoms with Gasteiger partial charge in [0.2, 0.25) is 0 Å². The van der Waals surface area contributed by atoms with Crippen LogP contribution in [0, 0.1) is 0 Å². The van der Waals surface area contributed by atoms with E-state index in [1.54, 1.807) is 11.3 Å². The lowest BCUT2D eigenvalue weighted by molar-refractivity contribution is 0.587. The molecule has 0 bridgehead atoms. The van der Waals surface area contributed by atoms with E-state index in [1.807, 2.05) is 5.51 Å². The summed E-state index contributed by atoms with van der Waals surface area (Å²) in [6.45, 7) is 2.94. The molecular formula is C15H17N3S. The topological polar surface area (TPSA) is 29.9 Å². The molecule has 0 unspecified atom stereocenters. The van der Waals surface area contributed by atoms with Crippen LogP contribution in [0.1, 0.15) is 12.1 Å². The summed E-state index contributed by atoms with van der Waals surface area (Å²) < 4.78 is 2.32. The Hall–Kier alpha value is -1.65. The molecule has 0 saturated heterocycles. The monoisotopic (exact) mass is 271 g/mol. The summed E-state index contributed by atoms with van der Waals surface area (Å²) in [4.78, 5) is 4.26. The van der Waals surface area contributed by atoms with Gasteiger partial charge in [0.15, 0.2) is 0 Å². The highest BCUT2D eigenvalue weighted by Gasteiger charge is 1.99. The zero-order chi connectivity index (χ0) is 12.9. The van der Waals surface area contributed by atoms with E-state index in [9.17, 15) is 0 Å². The first-order valence-corrected chi connectivity index (χ1v) is 7.49. The third kappa shape index (κ3) is 3.03. The van der Waals surface area contributed by atoms with Crippen LogP contribution in [-0.2, 0) is 13.1 Å². The molecule has 2 heterocycles. The number of aromatic nitrogens is 2. The van der Waals surface area contributed by atoms with Gasteiger partial charge in [0.25, 0.3) is 0 Å². The lowest BCUT2D eigenvalue weighted by Crippen LogP contribution is -2.16. The highest BCUT2D eigenvalue weighted by molar-refractivity contribution is 7.07. The zero-order valence-electron chi connectivity index (χ0n) is 10.7. The summed E-state index contributed by atoms with van der Waals surface area (Å²) in [6.07, 6.45) is 3.30. The van der Waals surface area contributed by atoms with Gasteiger partial charge in [-0.05, 0) is 30.5 Å². The van der Waals surface area contributed by atoms with Crippen molar-refractivity contribution in [3.05, 3.63) is 53.1 Å². The number of hydrogen-bond donors (Lipinski definition) is 1. The van der Waals surface area contributed by atoms with E-state index >= 15 is 0 Å². The fourth-order valence-electron chi connectivity index (χ4n) is 2.25. The van der Waals surface area contributed by atoms with Gasteiger partial charge in [0.05, 0.1) is 11.2 Å². The van der Waals surface area contributed by atoms with Crippen molar-refractivity contribution in [2.24, 2.45) is 0 Å². The minimum absolute atomic E-state index is 0.871. The summed E-state index contributed by atoms with van der Waals surface area (Å²) in [6, 6.07) is 10.7. The molecule has 0 aliphatic heterocycles. The molecule has 98 valence electrons. The highest BCUT2D eigenvalue weighted by atomic mass is 32.1. The van der Waals surface area contributed by atoms with Gasteiger partial charge in [-0.3, -0.25) is 0 Å². The normalized spacial score (nSPS) is 11.2. The second kappa shape index (κ2) is 5.99. The molecular weight excluding hydrogens is 254 g/mol. The van der Waals surface area contributed by atoms with Crippen LogP contribution in [0.2, 0.25) is 0 Å². The lowest BCUT2D eigenvalue weighted by atomic mass is 10.2. The lowest BCUT2D eigenvalue weighted by Gasteiger charge is -2.06. The predicted molar refractivity (Wildman–Crippen MR) is 80.4 cm³/mol. The zero-order valence-corrected chi connectivity index (χ0v) is 11.6. The first kappa shape index (κ1) is 12.4. The standard InChI is InChI=1S/C15H17N3S/c1-2-5-15-13(4-1)6-9-18(15)8-3-7-16-10-14-11-19-12-17-14/h1-2,4-6,9,11-12,16H,3,7-8,10H2. The summed E-state index contributed by atoms with van der Waals surface area (Å²) in [5.41, 5.74) is 4.33. The van der Waals surface area contributed by atoms with E-state index in [4.69, 9.17) is 0 Å². The van der Waals surface area contributed by atoms with Gasteiger partial charge in [0.1, 0.15) is 0 Å². The Kier molecular flexibility index (Phi) is 3.91. The van der Waals surface area contributed by atoms with Crippen molar-refractivity contribution in [1.29, 1.82) is 0 Å². The average Bonchev–Trinajstić information content (AvgIpc) is 3.08. The molecule has 0 fully saturated rings. The maximum Gasteiger partial charge on any atom is 0.0795 e. The number of hydrogen-bond acceptors (Lipinski definition) is 3. The van der Waals surface area contributed by atoms with Gasteiger partial charge in [-0.2, -0.15) is 0 Å². The summed E-state index contributed by atoms with van der Waals surface area (Å²) in [5.74, 6) is 0. The minimum Gasteiger partial charge on any atom is -0.347 e. The number of benzene rings is 1. The molecule has 3 aromatic rings. The Labute approximate surface area is 116 Å². The quantitative estimate of drug-likeness (QED) is 0.697. The molecule has 1 N–H and O–H groups in total. The van der Waals surface area contributed by atoms with E-state index in [-0.39, 0.29) is 0 Å². The summed E-state index contributed by atoms with van der Waals surface area (Å²) in [5, 5.41) is 6.84. The third-order valence-electron chi connectivity index (χ3n) is 3.22. The molecule has 3 rings (SSSR count). The molecule has 0 aliphatic rings. The Morgan fingerprint density at radius 2 is 2.16 bits per heavy atom. The van der Waals surface area contributed by atoms with E-state index in [2.05, 4.69) is 56.8 Å². The molecule has 0 aliphatic carbocycles. The smallest absolute Gasteiger partial charge is 0.0795 e. The maximum absolute atomic E-state index is 4.26. The van der Waals surface area contributed by atoms with Crippen LogP contribution in [0.4, 0.5) is 0 Å². The fourth-order valence-corrected chi connectivity index (χ4v) is 2.81. The van der Waals surface area contributed by atoms with E-state index in [0.717, 1.165) is 31.7 Å². The van der Waals surface area contributed by atoms with Crippen molar-refractivity contribution in [2.45, 2.75) is 19.5 Å². The third-order valence-corrected chi connectivity index (χ3v) is 3.86. The summed E-state index contributed by atoms with van der Waals surface area (Å²) in [7, 11) is 0. The number of nitrogens with one attached hydrogen (secondary N) is 1. The summed E-state index contributed by atoms with van der Waals surface area (Å²) >= 11 is 1.65. The van der Waals surface area contributed by atoms with Crippen molar-refractivity contribution in [1.82, 2.24) is 14.9 Å². The van der Waals surface area contributed by atoms with Gasteiger partial charge in [-0.15, -0.1) is 11.3 Å². The molecule has 0 atom stereocenters. The molecule has 1 aromatic carbocycles. The number of rotatable bonds is 6. The van der Waals surface area contributed by atoms with E-state index in [0.29, 0.717) is 0 Å². The highest BCUT2D eigenvalue weighted by Crippen LogP contribution is 2.15. The number of nitrogens with zero attached hydrogens (tertiary/aromatic N) is 2. The van der Waals surface area contributed by atoms with Gasteiger partial charge in [-0.1, -0.05) is 18.2 Å². The fraction of sp³-hybridized carbons (Fsp3) is 0.267. The first-order valence-electron chi connectivity index (χ1n) is 6.55. The van der Waals surface area contributed by atoms with E-state index < -0.39 is 0 Å². The second-order valence-electron chi connectivity index (χ2n) is 4.58. The largest absolute Gasteiger partial charge is 0.347 e. The van der Waals surface area contributed by atoms with Crippen molar-refractivity contribution in [3.8, 4) is 0 Å². The van der Waals surface area contributed by atoms with Crippen LogP contribution in [0.3, 0.4) is 0 Å². The molecule has 4 heteroatoms. The molecule has 0 radical (unpaired) electrons. The van der Waals surface area contributed by atoms with Crippen LogP contribution in [0.25, 0.3) is 10.9 Å². The van der Waals surface area contributed by atoms with Crippen molar-refractivity contribution >= 4 is 22.2 Å². The molecule has 0 spiro atoms. The SMILES string of the molecule is c1ccc2c(c1)ccn2CCCNCc1cscn1. The van der Waals surface area contributed by atoms with Gasteiger partial charge in [-0.25, -0.2) is 4.98 Å². The van der Waals surface area contributed by atoms with Crippen LogP contribution in [0.5, 0.6) is 0 Å². The van der Waals surface area contributed by atoms with Crippen LogP contribution >= 0.6 is 11.3 Å². The Bertz CT molecular complexity index is 628. The predicted octanol–water partition coefficient (Wildman–Crippen LogP) is 3.28. The van der Waals surface area contributed by atoms with Crippen LogP contribution < -0.4 is 5.32 Å². The van der Waals surface area contributed by atoms with Crippen molar-refractivity contribution < 1.29 is 0 Å². The maximum atomic E-state index is 4.26. The molecule has 3 nitrogen and oxygen atoms in total. The van der Waals surface area contributed by atoms with E-state index in [1.165, 1.54) is 10.9 Å². The van der Waals surface area contributed by atoms with Gasteiger partial charge < -0.3 is 9.88 Å². The van der Waals surface area contributed by atoms with Crippen molar-refractivity contribution in [2.75, 3.05) is 6.54 Å². The molecule has 19 heavy (non-hydrogen) atoms. The molecule has 0 saturated carbocycles. The van der Waals surface area contributed by atoms with Gasteiger partial charge in [0, 0.05) is 30.2 Å². The second-order valence-corrected chi connectivity index (χ2v) is 5.30. The number of fused-ring (bicyclic) bond motifs is 1. The minimum atomic E-state index is 0.871. The van der Waals surface area contributed by atoms with Crippen LogP contribution in [-0.4, -0.2) is 16.1 Å². The molecule has 2 aromatic heterocycles. The number of para-hydroxylation sites is 1. The Balaban J connectivity index is 1.47. The number of aryl methyl sites for hydroxylation is 1. The Morgan fingerprint density at radius 1 is 1.21 bits per heavy atom. The van der Waals surface area contributed by atoms with Gasteiger partial charge >= 0.3 is 0 Å². The number of thiazole rings is 1. The Morgan fingerprint density at radius 3 is 3.05 bits per heavy atom. The van der Waals surface area contributed by atoms with Crippen molar-refractivity contribution in [3.63, 3.8) is 0 Å². The average molecular weight is 271 g/mol. The first-order chi connectivity index (χ1) is 9.43. The molecule has 0 amide bonds. The van der Waals surface area contributed by atoms with Crippen LogP contribution in [0.15, 0.2) is 47.4 Å².